The molecule has 116 valence electrons. The molecule has 1 heterocycles. The van der Waals surface area contributed by atoms with Gasteiger partial charge in [0.05, 0.1) is 11.2 Å². The number of benzene rings is 1. The summed E-state index contributed by atoms with van der Waals surface area (Å²) in [5.41, 5.74) is 7.45. The smallest absolute Gasteiger partial charge is 0.345 e. The Hall–Kier alpha value is -1.83. The summed E-state index contributed by atoms with van der Waals surface area (Å²) in [5.74, 6) is -1.15. The van der Waals surface area contributed by atoms with Gasteiger partial charge in [-0.1, -0.05) is 42.5 Å². The molecule has 1 aromatic heterocycles. The van der Waals surface area contributed by atoms with Crippen LogP contribution in [0.2, 0.25) is 0 Å². The standard InChI is InChI=1S/C15H17N3O2S2/c1-10-11(2)22-14(17-10)18(9-21)15(16,13(19)20)8-12-6-4-3-5-7-12/h3-7,9H,8,16H2,1-2H3,(H,19,20). The molecule has 2 aromatic rings. The highest BCUT2D eigenvalue weighted by molar-refractivity contribution is 7.79. The minimum atomic E-state index is -1.68. The van der Waals surface area contributed by atoms with Gasteiger partial charge in [-0.25, -0.2) is 9.78 Å². The van der Waals surface area contributed by atoms with Crippen molar-refractivity contribution in [3.63, 3.8) is 0 Å². The Morgan fingerprint density at radius 2 is 2.09 bits per heavy atom. The summed E-state index contributed by atoms with van der Waals surface area (Å²) < 4.78 is 0. The molecular weight excluding hydrogens is 318 g/mol. The molecule has 0 saturated carbocycles. The monoisotopic (exact) mass is 335 g/mol. The lowest BCUT2D eigenvalue weighted by atomic mass is 9.99. The molecule has 0 spiro atoms. The predicted molar refractivity (Wildman–Crippen MR) is 92.4 cm³/mol. The van der Waals surface area contributed by atoms with Gasteiger partial charge in [-0.05, 0) is 19.4 Å². The van der Waals surface area contributed by atoms with Crippen molar-refractivity contribution in [1.82, 2.24) is 4.98 Å². The molecule has 1 atom stereocenters. The first-order chi connectivity index (χ1) is 10.4. The van der Waals surface area contributed by atoms with Gasteiger partial charge in [-0.15, -0.1) is 11.3 Å². The van der Waals surface area contributed by atoms with Crippen molar-refractivity contribution < 1.29 is 9.90 Å². The van der Waals surface area contributed by atoms with E-state index in [0.29, 0.717) is 5.13 Å². The van der Waals surface area contributed by atoms with Gasteiger partial charge < -0.3 is 5.11 Å². The second-order valence-corrected chi connectivity index (χ2v) is 6.40. The molecule has 1 unspecified atom stereocenters. The first kappa shape index (κ1) is 16.5. The van der Waals surface area contributed by atoms with Crippen LogP contribution < -0.4 is 10.6 Å². The summed E-state index contributed by atoms with van der Waals surface area (Å²) in [6.07, 6.45) is 0.119. The largest absolute Gasteiger partial charge is 0.478 e. The topological polar surface area (TPSA) is 79.5 Å². The summed E-state index contributed by atoms with van der Waals surface area (Å²) in [4.78, 5) is 18.6. The lowest BCUT2D eigenvalue weighted by molar-refractivity contribution is -0.142. The number of thiazole rings is 1. The van der Waals surface area contributed by atoms with Gasteiger partial charge >= 0.3 is 5.97 Å². The zero-order valence-corrected chi connectivity index (χ0v) is 13.9. The zero-order chi connectivity index (χ0) is 16.3. The third-order valence-corrected chi connectivity index (χ3v) is 4.73. The number of aliphatic carboxylic acids is 1. The van der Waals surface area contributed by atoms with E-state index in [4.69, 9.17) is 18.0 Å². The van der Waals surface area contributed by atoms with Crippen LogP contribution in [0.15, 0.2) is 30.3 Å². The summed E-state index contributed by atoms with van der Waals surface area (Å²) in [6.45, 7) is 3.79. The van der Waals surface area contributed by atoms with Crippen molar-refractivity contribution in [2.24, 2.45) is 5.73 Å². The fraction of sp³-hybridized carbons (Fsp3) is 0.267. The molecule has 2 rings (SSSR count). The maximum Gasteiger partial charge on any atom is 0.345 e. The molecule has 7 heteroatoms. The van der Waals surface area contributed by atoms with Crippen molar-refractivity contribution in [2.75, 3.05) is 4.90 Å². The number of carboxylic acids is 1. The summed E-state index contributed by atoms with van der Waals surface area (Å²) in [5, 5.41) is 10.2. The highest BCUT2D eigenvalue weighted by Gasteiger charge is 2.41. The molecule has 0 fully saturated rings. The Bertz CT molecular complexity index is 668. The van der Waals surface area contributed by atoms with Gasteiger partial charge in [0, 0.05) is 11.3 Å². The lowest BCUT2D eigenvalue weighted by Crippen LogP contribution is -2.63. The molecule has 1 aromatic carbocycles. The second-order valence-electron chi connectivity index (χ2n) is 5.01. The Labute approximate surface area is 138 Å². The van der Waals surface area contributed by atoms with E-state index in [9.17, 15) is 9.90 Å². The van der Waals surface area contributed by atoms with Crippen molar-refractivity contribution in [2.45, 2.75) is 25.9 Å². The zero-order valence-electron chi connectivity index (χ0n) is 12.3. The fourth-order valence-corrected chi connectivity index (χ4v) is 3.36. The average Bonchev–Trinajstić information content (AvgIpc) is 2.79. The first-order valence-corrected chi connectivity index (χ1v) is 7.92. The Morgan fingerprint density at radius 3 is 2.55 bits per heavy atom. The van der Waals surface area contributed by atoms with Crippen molar-refractivity contribution in [3.8, 4) is 0 Å². The number of anilines is 1. The van der Waals surface area contributed by atoms with Crippen molar-refractivity contribution >= 4 is 40.1 Å². The Kier molecular flexibility index (Phi) is 4.90. The van der Waals surface area contributed by atoms with Crippen LogP contribution in [0.25, 0.3) is 0 Å². The van der Waals surface area contributed by atoms with Gasteiger partial charge in [-0.2, -0.15) is 0 Å². The van der Waals surface area contributed by atoms with Crippen LogP contribution in [-0.4, -0.2) is 27.2 Å². The van der Waals surface area contributed by atoms with E-state index in [1.807, 2.05) is 44.2 Å². The summed E-state index contributed by atoms with van der Waals surface area (Å²) >= 11 is 6.39. The molecule has 5 nitrogen and oxygen atoms in total. The molecule has 3 N–H and O–H groups in total. The molecule has 0 aliphatic rings. The fourth-order valence-electron chi connectivity index (χ4n) is 2.04. The molecule has 0 aliphatic heterocycles. The molecule has 0 bridgehead atoms. The van der Waals surface area contributed by atoms with E-state index in [0.717, 1.165) is 16.1 Å². The second kappa shape index (κ2) is 6.51. The van der Waals surface area contributed by atoms with Crippen LogP contribution in [0.1, 0.15) is 16.1 Å². The number of hydrogen-bond donors (Lipinski definition) is 2. The molecule has 0 aliphatic carbocycles. The number of aryl methyl sites for hydroxylation is 2. The minimum absolute atomic E-state index is 0.119. The maximum absolute atomic E-state index is 11.8. The number of rotatable bonds is 6. The molecular formula is C15H17N3O2S2. The van der Waals surface area contributed by atoms with E-state index in [2.05, 4.69) is 4.98 Å². The van der Waals surface area contributed by atoms with Crippen LogP contribution in [0.4, 0.5) is 5.13 Å². The van der Waals surface area contributed by atoms with Crippen molar-refractivity contribution in [3.05, 3.63) is 46.5 Å². The van der Waals surface area contributed by atoms with Gasteiger partial charge in [0.1, 0.15) is 0 Å². The third kappa shape index (κ3) is 3.16. The highest BCUT2D eigenvalue weighted by Crippen LogP contribution is 2.29. The van der Waals surface area contributed by atoms with E-state index in [-0.39, 0.29) is 6.42 Å². The molecule has 0 saturated heterocycles. The van der Waals surface area contributed by atoms with E-state index in [1.54, 1.807) is 0 Å². The number of hydrogen-bond acceptors (Lipinski definition) is 5. The average molecular weight is 335 g/mol. The predicted octanol–water partition coefficient (Wildman–Crippen LogP) is 2.51. The molecule has 0 radical (unpaired) electrons. The first-order valence-electron chi connectivity index (χ1n) is 6.63. The number of nitrogens with two attached hydrogens (primary N) is 1. The van der Waals surface area contributed by atoms with Crippen LogP contribution in [-0.2, 0) is 11.2 Å². The van der Waals surface area contributed by atoms with E-state index in [1.165, 1.54) is 21.7 Å². The molecule has 0 amide bonds. The number of thiocarbonyl (C=S) groups is 1. The van der Waals surface area contributed by atoms with E-state index < -0.39 is 11.6 Å². The number of carboxylic acid groups (broad SMARTS) is 1. The SMILES string of the molecule is Cc1nc(N(C=S)C(N)(Cc2ccccc2)C(=O)O)sc1C. The quantitative estimate of drug-likeness (QED) is 0.624. The molecule has 22 heavy (non-hydrogen) atoms. The Morgan fingerprint density at radius 1 is 1.45 bits per heavy atom. The maximum atomic E-state index is 11.8. The van der Waals surface area contributed by atoms with Crippen LogP contribution >= 0.6 is 23.6 Å². The van der Waals surface area contributed by atoms with Gasteiger partial charge in [0.25, 0.3) is 0 Å². The lowest BCUT2D eigenvalue weighted by Gasteiger charge is -2.34. The minimum Gasteiger partial charge on any atom is -0.478 e. The van der Waals surface area contributed by atoms with Crippen molar-refractivity contribution in [1.29, 1.82) is 0 Å². The normalized spacial score (nSPS) is 13.4. The van der Waals surface area contributed by atoms with E-state index >= 15 is 0 Å². The Balaban J connectivity index is 2.43. The van der Waals surface area contributed by atoms with Gasteiger partial charge in [0.2, 0.25) is 0 Å². The summed E-state index contributed by atoms with van der Waals surface area (Å²) in [7, 11) is 0. The number of carbonyl (C=O) groups is 1. The van der Waals surface area contributed by atoms with Crippen LogP contribution in [0, 0.1) is 13.8 Å². The highest BCUT2D eigenvalue weighted by atomic mass is 32.1. The summed E-state index contributed by atoms with van der Waals surface area (Å²) in [6, 6.07) is 9.23. The third-order valence-electron chi connectivity index (χ3n) is 3.45. The van der Waals surface area contributed by atoms with Crippen LogP contribution in [0.5, 0.6) is 0 Å². The number of nitrogens with zero attached hydrogens (tertiary/aromatic N) is 2. The number of aromatic nitrogens is 1. The van der Waals surface area contributed by atoms with Gasteiger partial charge in [-0.3, -0.25) is 10.6 Å². The van der Waals surface area contributed by atoms with Crippen LogP contribution in [0.3, 0.4) is 0 Å². The van der Waals surface area contributed by atoms with Gasteiger partial charge in [0.15, 0.2) is 10.8 Å².